The number of urea groups is 4. The number of carbonyl (C=O) groups excluding carboxylic acids is 9. The third kappa shape index (κ3) is 41.4. The normalized spacial score (nSPS) is 13.8. The maximum atomic E-state index is 12.5. The molecule has 6 aromatic rings. The SMILES string of the molecule is C=C(CNC(=O)NCc1ccc(C)cc1)NCCc1ccccc1.C=C(NCC(=O)N1CCCC(C(=C)CCC)C1)NCc1ccc(C)cc1.COC=O.Cc1ccc(CNC(=O)NCC(=O)N2CCCC2)cc1.Cc1ccc(CNC(=O)NCC(=O)N2CCCCC2)cc1.Cc1ccc(CNC(=O)NCC(=O)N2CCOCC2)cc1. The van der Waals surface area contributed by atoms with Gasteiger partial charge in [-0.05, 0) is 132 Å². The van der Waals surface area contributed by atoms with Gasteiger partial charge < -0.3 is 87.6 Å². The van der Waals surface area contributed by atoms with Gasteiger partial charge in [0.05, 0.1) is 58.9 Å². The Balaban J connectivity index is 0.000000256. The van der Waals surface area contributed by atoms with Crippen LogP contribution < -0.4 is 58.5 Å². The van der Waals surface area contributed by atoms with E-state index in [0.29, 0.717) is 83.8 Å². The predicted molar refractivity (Wildman–Crippen MR) is 458 cm³/mol. The Kier molecular flexibility index (Phi) is 45.6. The zero-order valence-electron chi connectivity index (χ0n) is 69.4. The lowest BCUT2D eigenvalue weighted by Gasteiger charge is -2.34. The molecule has 1 unspecified atom stereocenters. The van der Waals surface area contributed by atoms with E-state index in [9.17, 15) is 38.4 Å². The number of aryl methyl sites for hydroxylation is 5. The van der Waals surface area contributed by atoms with Crippen molar-refractivity contribution in [2.45, 2.75) is 138 Å². The Bertz CT molecular complexity index is 3850. The molecule has 116 heavy (non-hydrogen) atoms. The van der Waals surface area contributed by atoms with Crippen LogP contribution in [0.3, 0.4) is 0 Å². The standard InChI is InChI=1S/C22H33N3O.C20H25N3O.C16H23N3O2.C15H21N3O3.C15H21N3O2.C2H4O2/c1-5-7-18(3)21-8-6-13-25(16-21)22(26)15-24-19(4)23-14-20-11-9-17(2)10-12-20;1-16-8-10-19(11-9-16)15-23-20(24)22-14-17(2)21-13-12-18-6-4-3-5-7-18;1-13-5-7-14(8-6-13)11-17-16(21)18-12-15(20)19-9-3-2-4-10-19;1-12-2-4-13(5-3-12)10-16-15(20)17-11-14(19)18-6-8-21-9-7-18;1-12-4-6-13(7-5-12)10-16-15(20)17-11-14(19)18-8-2-3-9-18;1-4-2-3/h9-12,21,23-24H,3-8,13-16H2,1-2H3;3-11,21H,2,12-15H2,1H3,(H2,22,23,24);5-8H,2-4,9-12H2,1H3,(H2,17,18,21);2-5H,6-11H2,1H3,(H2,16,17,20);4-7H,2-3,8-11H2,1H3,(H2,16,17,20);2H,1H3. The lowest BCUT2D eigenvalue weighted by atomic mass is 9.89. The molecule has 10 rings (SSSR count). The van der Waals surface area contributed by atoms with Gasteiger partial charge in [-0.2, -0.15) is 0 Å². The number of likely N-dealkylation sites (tertiary alicyclic amines) is 3. The number of methoxy groups -OCH3 is 1. The molecule has 0 aliphatic carbocycles. The summed E-state index contributed by atoms with van der Waals surface area (Å²) in [6, 6.07) is 49.5. The summed E-state index contributed by atoms with van der Waals surface area (Å²) in [4.78, 5) is 111. The number of benzene rings is 6. The third-order valence-corrected chi connectivity index (χ3v) is 19.2. The van der Waals surface area contributed by atoms with Crippen LogP contribution in [0.2, 0.25) is 0 Å². The van der Waals surface area contributed by atoms with Crippen molar-refractivity contribution in [2.24, 2.45) is 5.92 Å². The Morgan fingerprint density at radius 3 is 1.09 bits per heavy atom. The molecule has 4 saturated heterocycles. The fourth-order valence-corrected chi connectivity index (χ4v) is 12.1. The van der Waals surface area contributed by atoms with Gasteiger partial charge in [0.15, 0.2) is 0 Å². The van der Waals surface area contributed by atoms with Gasteiger partial charge in [0.25, 0.3) is 6.47 Å². The Morgan fingerprint density at radius 1 is 0.397 bits per heavy atom. The quantitative estimate of drug-likeness (QED) is 0.0148. The second-order valence-corrected chi connectivity index (χ2v) is 29.0. The van der Waals surface area contributed by atoms with Gasteiger partial charge >= 0.3 is 24.1 Å². The summed E-state index contributed by atoms with van der Waals surface area (Å²) in [6.45, 7) is 36.3. The number of hydrogen-bond donors (Lipinski definition) is 11. The molecule has 6 aromatic carbocycles. The highest BCUT2D eigenvalue weighted by Crippen LogP contribution is 2.26. The molecule has 4 aliphatic heterocycles. The summed E-state index contributed by atoms with van der Waals surface area (Å²) in [5.74, 6) is 1.19. The molecule has 11 N–H and O–H groups in total. The fourth-order valence-electron chi connectivity index (χ4n) is 12.1. The number of nitrogens with zero attached hydrogens (tertiary/aromatic N) is 4. The molecule has 0 saturated carbocycles. The smallest absolute Gasteiger partial charge is 0.315 e. The lowest BCUT2D eigenvalue weighted by Crippen LogP contribution is -2.47. The van der Waals surface area contributed by atoms with E-state index >= 15 is 0 Å². The molecule has 4 fully saturated rings. The summed E-state index contributed by atoms with van der Waals surface area (Å²) >= 11 is 0. The third-order valence-electron chi connectivity index (χ3n) is 19.2. The van der Waals surface area contributed by atoms with Crippen molar-refractivity contribution in [1.29, 1.82) is 0 Å². The monoisotopic (exact) mass is 1590 g/mol. The van der Waals surface area contributed by atoms with Gasteiger partial charge in [0, 0.05) is 97.3 Å². The minimum absolute atomic E-state index is 0.000172. The molecule has 1 atom stereocenters. The second kappa shape index (κ2) is 55.7. The molecule has 26 heteroatoms. The van der Waals surface area contributed by atoms with Gasteiger partial charge in [0.2, 0.25) is 23.6 Å². The van der Waals surface area contributed by atoms with E-state index in [-0.39, 0.29) is 73.9 Å². The first kappa shape index (κ1) is 94.9. The molecule has 26 nitrogen and oxygen atoms in total. The van der Waals surface area contributed by atoms with Crippen LogP contribution in [0.4, 0.5) is 19.2 Å². The molecular weight excluding hydrogens is 1470 g/mol. The molecule has 4 heterocycles. The Hall–Kier alpha value is -11.7. The van der Waals surface area contributed by atoms with Crippen molar-refractivity contribution < 1.29 is 52.6 Å². The highest BCUT2D eigenvalue weighted by atomic mass is 16.5. The van der Waals surface area contributed by atoms with E-state index in [1.807, 2.05) is 153 Å². The van der Waals surface area contributed by atoms with Crippen molar-refractivity contribution in [1.82, 2.24) is 78.1 Å². The van der Waals surface area contributed by atoms with Crippen LogP contribution >= 0.6 is 0 Å². The van der Waals surface area contributed by atoms with Crippen LogP contribution in [0.5, 0.6) is 0 Å². The number of piperidine rings is 2. The lowest BCUT2D eigenvalue weighted by molar-refractivity contribution is -0.134. The van der Waals surface area contributed by atoms with Crippen LogP contribution in [-0.2, 0) is 72.6 Å². The number of nitrogens with one attached hydrogen (secondary N) is 11. The molecule has 0 bridgehead atoms. The van der Waals surface area contributed by atoms with Crippen molar-refractivity contribution in [2.75, 3.05) is 112 Å². The van der Waals surface area contributed by atoms with Crippen LogP contribution in [-0.4, -0.2) is 186 Å². The van der Waals surface area contributed by atoms with Gasteiger partial charge in [0.1, 0.15) is 0 Å². The first-order chi connectivity index (χ1) is 56.0. The second-order valence-electron chi connectivity index (χ2n) is 29.0. The van der Waals surface area contributed by atoms with Crippen molar-refractivity contribution in [3.63, 3.8) is 0 Å². The number of ether oxygens (including phenoxy) is 2. The molecule has 0 aromatic heterocycles. The van der Waals surface area contributed by atoms with E-state index in [1.54, 1.807) is 9.80 Å². The average Bonchev–Trinajstić information content (AvgIpc) is 1.44. The van der Waals surface area contributed by atoms with Crippen molar-refractivity contribution in [3.8, 4) is 0 Å². The number of rotatable bonds is 30. The zero-order valence-corrected chi connectivity index (χ0v) is 69.4. The number of amides is 12. The Morgan fingerprint density at radius 2 is 0.724 bits per heavy atom. The van der Waals surface area contributed by atoms with Crippen LogP contribution in [0.25, 0.3) is 0 Å². The number of carbonyl (C=O) groups is 9. The summed E-state index contributed by atoms with van der Waals surface area (Å²) < 4.78 is 9.04. The van der Waals surface area contributed by atoms with E-state index in [4.69, 9.17) is 9.53 Å². The first-order valence-corrected chi connectivity index (χ1v) is 40.3. The molecule has 0 radical (unpaired) electrons. The predicted octanol–water partition coefficient (Wildman–Crippen LogP) is 10.5. The largest absolute Gasteiger partial charge is 0.471 e. The van der Waals surface area contributed by atoms with E-state index < -0.39 is 0 Å². The van der Waals surface area contributed by atoms with E-state index in [2.05, 4.69) is 133 Å². The number of morpholine rings is 1. The molecule has 12 amide bonds. The minimum Gasteiger partial charge on any atom is -0.471 e. The molecular formula is C90H127N15O11. The Labute approximate surface area is 687 Å². The minimum atomic E-state index is -0.336. The first-order valence-electron chi connectivity index (χ1n) is 40.3. The fraction of sp³-hybridized carbons (Fsp3) is 0.433. The topological polar surface area (TPSA) is 317 Å². The maximum absolute atomic E-state index is 12.5. The highest BCUT2D eigenvalue weighted by Gasteiger charge is 2.26. The molecule has 4 aliphatic rings. The van der Waals surface area contributed by atoms with Crippen LogP contribution in [0, 0.1) is 40.5 Å². The van der Waals surface area contributed by atoms with Crippen molar-refractivity contribution >= 4 is 54.2 Å². The van der Waals surface area contributed by atoms with E-state index in [1.165, 1.54) is 58.0 Å². The average molecular weight is 1600 g/mol. The maximum Gasteiger partial charge on any atom is 0.315 e. The van der Waals surface area contributed by atoms with Crippen LogP contribution in [0.15, 0.2) is 188 Å². The van der Waals surface area contributed by atoms with Crippen molar-refractivity contribution in [3.05, 3.63) is 250 Å². The van der Waals surface area contributed by atoms with Gasteiger partial charge in [-0.1, -0.05) is 218 Å². The molecule has 628 valence electrons. The van der Waals surface area contributed by atoms with Crippen LogP contribution in [0.1, 0.15) is 126 Å². The van der Waals surface area contributed by atoms with E-state index in [0.717, 1.165) is 132 Å². The number of hydrogen-bond acceptors (Lipinski definition) is 14. The summed E-state index contributed by atoms with van der Waals surface area (Å²) in [5.41, 5.74) is 14.8. The van der Waals surface area contributed by atoms with Gasteiger partial charge in [-0.25, -0.2) is 19.2 Å². The van der Waals surface area contributed by atoms with Gasteiger partial charge in [-0.3, -0.25) is 24.0 Å². The summed E-state index contributed by atoms with van der Waals surface area (Å²) in [6.07, 6.45) is 10.8. The zero-order chi connectivity index (χ0) is 84.1. The summed E-state index contributed by atoms with van der Waals surface area (Å²) in [5, 5.41) is 31.2. The summed E-state index contributed by atoms with van der Waals surface area (Å²) in [7, 11) is 1.31. The van der Waals surface area contributed by atoms with Gasteiger partial charge in [-0.15, -0.1) is 0 Å². The molecule has 0 spiro atoms. The highest BCUT2D eigenvalue weighted by molar-refractivity contribution is 5.85.